The summed E-state index contributed by atoms with van der Waals surface area (Å²) in [6, 6.07) is 9.80. The van der Waals surface area contributed by atoms with Crippen LogP contribution < -0.4 is 9.47 Å². The molecule has 0 bridgehead atoms. The van der Waals surface area contributed by atoms with Crippen LogP contribution in [0.5, 0.6) is 46.0 Å². The molecule has 6 N–H and O–H groups in total. The first-order chi connectivity index (χ1) is 28.4. The lowest BCUT2D eigenvalue weighted by molar-refractivity contribution is 0.138. The van der Waals surface area contributed by atoms with E-state index in [0.29, 0.717) is 69.5 Å². The number of allylic oxidation sites excluding steroid dienone is 8. The number of furan rings is 1. The van der Waals surface area contributed by atoms with Crippen molar-refractivity contribution in [2.75, 3.05) is 6.61 Å². The summed E-state index contributed by atoms with van der Waals surface area (Å²) < 4.78 is 19.8. The molecule has 7 rings (SSSR count). The van der Waals surface area contributed by atoms with E-state index in [1.807, 2.05) is 85.8 Å². The Kier molecular flexibility index (Phi) is 11.3. The van der Waals surface area contributed by atoms with Crippen molar-refractivity contribution in [3.05, 3.63) is 134 Å². The van der Waals surface area contributed by atoms with Crippen molar-refractivity contribution in [3.63, 3.8) is 0 Å². The van der Waals surface area contributed by atoms with Gasteiger partial charge in [0.05, 0.1) is 18.1 Å². The fourth-order valence-corrected chi connectivity index (χ4v) is 8.01. The molecule has 5 aromatic rings. The molecule has 0 amide bonds. The van der Waals surface area contributed by atoms with E-state index >= 15 is 0 Å². The minimum atomic E-state index is -0.459. The average Bonchev–Trinajstić information content (AvgIpc) is 3.74. The van der Waals surface area contributed by atoms with Gasteiger partial charge in [-0.05, 0) is 122 Å². The summed E-state index contributed by atoms with van der Waals surface area (Å²) in [7, 11) is 0. The van der Waals surface area contributed by atoms with Gasteiger partial charge in [-0.3, -0.25) is 0 Å². The molecule has 0 fully saturated rings. The Labute approximate surface area is 351 Å². The molecular formula is C51H54O9. The number of benzene rings is 4. The number of fused-ring (bicyclic) bond motifs is 6. The molecule has 9 heteroatoms. The maximum atomic E-state index is 12.4. The highest BCUT2D eigenvalue weighted by atomic mass is 16.5. The van der Waals surface area contributed by atoms with Crippen molar-refractivity contribution in [1.29, 1.82) is 0 Å². The van der Waals surface area contributed by atoms with Gasteiger partial charge >= 0.3 is 0 Å². The maximum absolute atomic E-state index is 12.4. The Morgan fingerprint density at radius 1 is 0.633 bits per heavy atom. The number of rotatable bonds is 11. The van der Waals surface area contributed by atoms with Gasteiger partial charge in [0.2, 0.25) is 0 Å². The van der Waals surface area contributed by atoms with Crippen molar-refractivity contribution in [1.82, 2.24) is 0 Å². The molecular weight excluding hydrogens is 757 g/mol. The van der Waals surface area contributed by atoms with Crippen molar-refractivity contribution >= 4 is 16.5 Å². The fraction of sp³-hybridized carbons (Fsp3) is 0.294. The van der Waals surface area contributed by atoms with Crippen molar-refractivity contribution in [2.45, 2.75) is 93.1 Å². The molecule has 312 valence electrons. The van der Waals surface area contributed by atoms with Gasteiger partial charge in [0.15, 0.2) is 11.5 Å². The first kappa shape index (κ1) is 41.7. The highest BCUT2D eigenvalue weighted by Gasteiger charge is 2.44. The highest BCUT2D eigenvalue weighted by Crippen LogP contribution is 2.57. The van der Waals surface area contributed by atoms with Crippen LogP contribution in [0.15, 0.2) is 94.0 Å². The summed E-state index contributed by atoms with van der Waals surface area (Å²) in [6.45, 7) is 20.6. The second-order valence-corrected chi connectivity index (χ2v) is 17.0. The zero-order valence-corrected chi connectivity index (χ0v) is 35.6. The SMILES string of the molecule is C=C(c1cc2c(c(CC=C(C)C)c1O)OC1c3cc(CC=C(C)C)c(O)cc3OCC21)c1c(-c2cc(CC=C(C)C)c(O)cc2O)oc2c(CC=C(C)C)c(O)c(O)cc12. The van der Waals surface area contributed by atoms with E-state index < -0.39 is 6.10 Å². The molecule has 0 radical (unpaired) electrons. The summed E-state index contributed by atoms with van der Waals surface area (Å²) in [5.41, 5.74) is 9.61. The molecule has 2 aliphatic rings. The van der Waals surface area contributed by atoms with Gasteiger partial charge in [-0.1, -0.05) is 53.2 Å². The van der Waals surface area contributed by atoms with Crippen LogP contribution in [0.2, 0.25) is 0 Å². The van der Waals surface area contributed by atoms with Crippen molar-refractivity contribution in [3.8, 4) is 57.3 Å². The maximum Gasteiger partial charge on any atom is 0.164 e. The molecule has 60 heavy (non-hydrogen) atoms. The molecule has 0 saturated carbocycles. The van der Waals surface area contributed by atoms with Crippen LogP contribution in [0.4, 0.5) is 0 Å². The lowest BCUT2D eigenvalue weighted by Crippen LogP contribution is -2.23. The summed E-state index contributed by atoms with van der Waals surface area (Å²) in [5.74, 6) is 0.0369. The molecule has 2 unspecified atom stereocenters. The third kappa shape index (κ3) is 7.72. The van der Waals surface area contributed by atoms with Gasteiger partial charge < -0.3 is 44.5 Å². The van der Waals surface area contributed by atoms with Gasteiger partial charge in [0.25, 0.3) is 0 Å². The molecule has 4 aromatic carbocycles. The van der Waals surface area contributed by atoms with E-state index in [0.717, 1.165) is 39.0 Å². The molecule has 0 spiro atoms. The number of phenols is 6. The summed E-state index contributed by atoms with van der Waals surface area (Å²) in [5, 5.41) is 68.5. The molecule has 2 atom stereocenters. The van der Waals surface area contributed by atoms with E-state index in [1.54, 1.807) is 12.1 Å². The molecule has 0 saturated heterocycles. The van der Waals surface area contributed by atoms with Gasteiger partial charge in [-0.25, -0.2) is 0 Å². The molecule has 2 aliphatic heterocycles. The third-order valence-electron chi connectivity index (χ3n) is 11.3. The van der Waals surface area contributed by atoms with Gasteiger partial charge in [0, 0.05) is 50.9 Å². The minimum absolute atomic E-state index is 0.0572. The Morgan fingerprint density at radius 2 is 1.22 bits per heavy atom. The average molecular weight is 811 g/mol. The lowest BCUT2D eigenvalue weighted by Gasteiger charge is -2.28. The zero-order valence-electron chi connectivity index (χ0n) is 35.6. The second kappa shape index (κ2) is 16.3. The third-order valence-corrected chi connectivity index (χ3v) is 11.3. The smallest absolute Gasteiger partial charge is 0.164 e. The van der Waals surface area contributed by atoms with Crippen LogP contribution >= 0.6 is 0 Å². The van der Waals surface area contributed by atoms with Crippen molar-refractivity contribution in [2.24, 2.45) is 0 Å². The normalized spacial score (nSPS) is 14.9. The van der Waals surface area contributed by atoms with Crippen LogP contribution in [0.3, 0.4) is 0 Å². The lowest BCUT2D eigenvalue weighted by atomic mass is 9.84. The molecule has 1 aromatic heterocycles. The van der Waals surface area contributed by atoms with Crippen LogP contribution in [0.25, 0.3) is 27.9 Å². The molecule has 9 nitrogen and oxygen atoms in total. The monoisotopic (exact) mass is 810 g/mol. The van der Waals surface area contributed by atoms with E-state index in [1.165, 1.54) is 12.1 Å². The molecule has 0 aliphatic carbocycles. The summed E-state index contributed by atoms with van der Waals surface area (Å²) >= 11 is 0. The number of aromatic hydroxyl groups is 6. The predicted molar refractivity (Wildman–Crippen MR) is 237 cm³/mol. The van der Waals surface area contributed by atoms with E-state index in [4.69, 9.17) is 13.9 Å². The van der Waals surface area contributed by atoms with Gasteiger partial charge in [-0.15, -0.1) is 0 Å². The number of hydrogen-bond donors (Lipinski definition) is 6. The topological polar surface area (TPSA) is 153 Å². The van der Waals surface area contributed by atoms with Gasteiger partial charge in [-0.2, -0.15) is 0 Å². The number of ether oxygens (including phenoxy) is 2. The second-order valence-electron chi connectivity index (χ2n) is 17.0. The van der Waals surface area contributed by atoms with E-state index in [2.05, 4.69) is 12.7 Å². The first-order valence-corrected chi connectivity index (χ1v) is 20.3. The molecule has 3 heterocycles. The van der Waals surface area contributed by atoms with Crippen LogP contribution in [0.1, 0.15) is 112 Å². The number of hydrogen-bond acceptors (Lipinski definition) is 9. The van der Waals surface area contributed by atoms with Crippen LogP contribution in [-0.2, 0) is 25.7 Å². The van der Waals surface area contributed by atoms with Crippen LogP contribution in [-0.4, -0.2) is 37.2 Å². The van der Waals surface area contributed by atoms with Crippen molar-refractivity contribution < 1.29 is 44.5 Å². The Balaban J connectivity index is 1.46. The highest BCUT2D eigenvalue weighted by molar-refractivity contribution is 6.05. The van der Waals surface area contributed by atoms with Gasteiger partial charge in [0.1, 0.15) is 51.9 Å². The van der Waals surface area contributed by atoms with Crippen LogP contribution in [0, 0.1) is 0 Å². The fourth-order valence-electron chi connectivity index (χ4n) is 8.01. The van der Waals surface area contributed by atoms with E-state index in [-0.39, 0.29) is 70.3 Å². The van der Waals surface area contributed by atoms with E-state index in [9.17, 15) is 30.6 Å². The number of phenolic OH excluding ortho intramolecular Hbond substituents is 6. The standard InChI is InChI=1S/C51H54O9/c1-25(2)10-14-30-18-36(42(54)22-40(30)52)51-45(38-21-43(55)47(57)33(49(38)60-51)17-13-28(7)8)29(9)34-20-35-39-24-58-44-23-41(53)31(15-11-26(3)4)19-37(44)50(39)59-48(35)32(46(34)56)16-12-27(5)6/h10-13,18-23,39,50,52-57H,9,14-17,24H2,1-8H3. The largest absolute Gasteiger partial charge is 0.508 e. The predicted octanol–water partition coefficient (Wildman–Crippen LogP) is 12.0. The first-order valence-electron chi connectivity index (χ1n) is 20.3. The minimum Gasteiger partial charge on any atom is -0.508 e. The quantitative estimate of drug-likeness (QED) is 0.0565. The summed E-state index contributed by atoms with van der Waals surface area (Å²) in [4.78, 5) is 0. The Morgan fingerprint density at radius 3 is 1.85 bits per heavy atom. The zero-order chi connectivity index (χ0) is 43.3. The Bertz CT molecular complexity index is 2690. The summed E-state index contributed by atoms with van der Waals surface area (Å²) in [6.07, 6.45) is 9.00. The Hall–Kier alpha value is -6.48.